The van der Waals surface area contributed by atoms with Crippen molar-refractivity contribution in [3.05, 3.63) is 65.5 Å². The van der Waals surface area contributed by atoms with Gasteiger partial charge in [0.05, 0.1) is 0 Å². The molecule has 1 heterocycles. The largest absolute Gasteiger partial charge is 0.326 e. The number of rotatable bonds is 4. The van der Waals surface area contributed by atoms with Crippen LogP contribution in [0.4, 0.5) is 10.1 Å². The number of halogens is 1. The third kappa shape index (κ3) is 3.34. The number of anilines is 1. The average molecular weight is 298 g/mol. The summed E-state index contributed by atoms with van der Waals surface area (Å²) in [6.07, 6.45) is 2.06. The molecule has 1 aliphatic heterocycles. The molecule has 22 heavy (non-hydrogen) atoms. The lowest BCUT2D eigenvalue weighted by Gasteiger charge is -2.16. The predicted molar refractivity (Wildman–Crippen MR) is 85.2 cm³/mol. The fourth-order valence-electron chi connectivity index (χ4n) is 2.81. The second-order valence-corrected chi connectivity index (χ2v) is 5.76. The number of hydrogen-bond acceptors (Lipinski definition) is 2. The highest BCUT2D eigenvalue weighted by Gasteiger charge is 2.27. The van der Waals surface area contributed by atoms with Crippen LogP contribution in [-0.4, -0.2) is 18.5 Å². The summed E-state index contributed by atoms with van der Waals surface area (Å²) in [4.78, 5) is 13.6. The van der Waals surface area contributed by atoms with Gasteiger partial charge in [-0.2, -0.15) is 0 Å². The number of aryl methyl sites for hydroxylation is 2. The maximum absolute atomic E-state index is 13.1. The number of carbonyl (C=O) groups excluding carboxylic acids is 1. The molecule has 0 bridgehead atoms. The lowest BCUT2D eigenvalue weighted by atomic mass is 10.0. The van der Waals surface area contributed by atoms with Gasteiger partial charge in [0.2, 0.25) is 5.91 Å². The van der Waals surface area contributed by atoms with Crippen LogP contribution in [0.5, 0.6) is 0 Å². The van der Waals surface area contributed by atoms with Crippen molar-refractivity contribution in [3.63, 3.8) is 0 Å². The van der Waals surface area contributed by atoms with E-state index in [-0.39, 0.29) is 17.8 Å². The number of hydrogen-bond donors (Lipinski definition) is 1. The quantitative estimate of drug-likeness (QED) is 0.943. The van der Waals surface area contributed by atoms with Crippen molar-refractivity contribution in [2.45, 2.75) is 25.3 Å². The van der Waals surface area contributed by atoms with E-state index in [0.29, 0.717) is 13.0 Å². The molecule has 0 aromatic heterocycles. The summed E-state index contributed by atoms with van der Waals surface area (Å²) in [5.41, 5.74) is 8.87. The molecule has 2 aromatic rings. The molecular weight excluding hydrogens is 279 g/mol. The van der Waals surface area contributed by atoms with E-state index in [1.54, 1.807) is 17.0 Å². The van der Waals surface area contributed by atoms with Gasteiger partial charge in [-0.3, -0.25) is 4.79 Å². The molecule has 2 N–H and O–H groups in total. The summed E-state index contributed by atoms with van der Waals surface area (Å²) in [5, 5.41) is 0. The van der Waals surface area contributed by atoms with Gasteiger partial charge >= 0.3 is 0 Å². The van der Waals surface area contributed by atoms with Crippen molar-refractivity contribution in [3.8, 4) is 0 Å². The average Bonchev–Trinajstić information content (AvgIpc) is 2.84. The van der Waals surface area contributed by atoms with Crippen molar-refractivity contribution >= 4 is 11.6 Å². The minimum absolute atomic E-state index is 0.0693. The van der Waals surface area contributed by atoms with E-state index >= 15 is 0 Å². The molecule has 1 saturated heterocycles. The number of nitrogens with two attached hydrogens (primary N) is 1. The molecule has 114 valence electrons. The molecular formula is C18H19FN2O. The van der Waals surface area contributed by atoms with E-state index < -0.39 is 0 Å². The molecule has 0 aliphatic carbocycles. The summed E-state index contributed by atoms with van der Waals surface area (Å²) in [7, 11) is 0. The first-order valence-corrected chi connectivity index (χ1v) is 7.51. The van der Waals surface area contributed by atoms with Gasteiger partial charge in [-0.15, -0.1) is 0 Å². The van der Waals surface area contributed by atoms with Crippen LogP contribution in [-0.2, 0) is 17.6 Å². The summed E-state index contributed by atoms with van der Waals surface area (Å²) in [6, 6.07) is 14.6. The van der Waals surface area contributed by atoms with E-state index in [1.807, 2.05) is 30.3 Å². The van der Waals surface area contributed by atoms with E-state index in [0.717, 1.165) is 24.1 Å². The first-order chi connectivity index (χ1) is 10.6. The number of amides is 1. The smallest absolute Gasteiger partial charge is 0.228 e. The van der Waals surface area contributed by atoms with Crippen LogP contribution in [0.1, 0.15) is 17.5 Å². The molecule has 3 rings (SSSR count). The molecule has 1 amide bonds. The van der Waals surface area contributed by atoms with Crippen LogP contribution in [0.25, 0.3) is 0 Å². The first-order valence-electron chi connectivity index (χ1n) is 7.51. The Morgan fingerprint density at radius 3 is 2.45 bits per heavy atom. The molecule has 0 unspecified atom stereocenters. The molecule has 1 fully saturated rings. The SMILES string of the molecule is N[C@H]1CC(=O)N(c2ccc(CCc3cccc(F)c3)cc2)C1. The highest BCUT2D eigenvalue weighted by atomic mass is 19.1. The topological polar surface area (TPSA) is 46.3 Å². The van der Waals surface area contributed by atoms with Gasteiger partial charge in [-0.25, -0.2) is 4.39 Å². The normalized spacial score (nSPS) is 18.0. The van der Waals surface area contributed by atoms with Gasteiger partial charge in [0.1, 0.15) is 5.82 Å². The lowest BCUT2D eigenvalue weighted by Crippen LogP contribution is -2.27. The molecule has 0 saturated carbocycles. The predicted octanol–water partition coefficient (Wildman–Crippen LogP) is 2.67. The van der Waals surface area contributed by atoms with Crippen molar-refractivity contribution in [1.82, 2.24) is 0 Å². The molecule has 4 heteroatoms. The number of benzene rings is 2. The zero-order valence-electron chi connectivity index (χ0n) is 12.3. The monoisotopic (exact) mass is 298 g/mol. The molecule has 2 aromatic carbocycles. The Kier molecular flexibility index (Phi) is 4.20. The summed E-state index contributed by atoms with van der Waals surface area (Å²) < 4.78 is 13.1. The van der Waals surface area contributed by atoms with Gasteiger partial charge in [-0.05, 0) is 48.2 Å². The van der Waals surface area contributed by atoms with Crippen LogP contribution in [0.15, 0.2) is 48.5 Å². The van der Waals surface area contributed by atoms with Gasteiger partial charge in [0.25, 0.3) is 0 Å². The lowest BCUT2D eigenvalue weighted by molar-refractivity contribution is -0.117. The van der Waals surface area contributed by atoms with Crippen LogP contribution in [0, 0.1) is 5.82 Å². The van der Waals surface area contributed by atoms with E-state index in [9.17, 15) is 9.18 Å². The second-order valence-electron chi connectivity index (χ2n) is 5.76. The first kappa shape index (κ1) is 14.7. The summed E-state index contributed by atoms with van der Waals surface area (Å²) in [6.45, 7) is 0.585. The Labute approximate surface area is 129 Å². The Balaban J connectivity index is 1.63. The fraction of sp³-hybridized carbons (Fsp3) is 0.278. The van der Waals surface area contributed by atoms with Crippen molar-refractivity contribution in [2.75, 3.05) is 11.4 Å². The zero-order chi connectivity index (χ0) is 15.5. The van der Waals surface area contributed by atoms with Crippen LogP contribution < -0.4 is 10.6 Å². The molecule has 1 aliphatic rings. The minimum atomic E-state index is -0.197. The van der Waals surface area contributed by atoms with Crippen molar-refractivity contribution in [1.29, 1.82) is 0 Å². The van der Waals surface area contributed by atoms with Crippen molar-refractivity contribution in [2.24, 2.45) is 5.73 Å². The number of carbonyl (C=O) groups is 1. The number of nitrogens with zero attached hydrogens (tertiary/aromatic N) is 1. The second kappa shape index (κ2) is 6.28. The van der Waals surface area contributed by atoms with Crippen LogP contribution >= 0.6 is 0 Å². The van der Waals surface area contributed by atoms with Gasteiger partial charge in [-0.1, -0.05) is 24.3 Å². The minimum Gasteiger partial charge on any atom is -0.326 e. The maximum Gasteiger partial charge on any atom is 0.228 e. The molecule has 3 nitrogen and oxygen atoms in total. The zero-order valence-corrected chi connectivity index (χ0v) is 12.3. The highest BCUT2D eigenvalue weighted by Crippen LogP contribution is 2.21. The van der Waals surface area contributed by atoms with E-state index in [2.05, 4.69) is 0 Å². The molecule has 0 radical (unpaired) electrons. The van der Waals surface area contributed by atoms with E-state index in [4.69, 9.17) is 5.73 Å². The standard InChI is InChI=1S/C18H19FN2O/c19-15-3-1-2-14(10-15)5-4-13-6-8-17(9-7-13)21-12-16(20)11-18(21)22/h1-3,6-10,16H,4-5,11-12,20H2/t16-/m0/s1. The third-order valence-electron chi connectivity index (χ3n) is 3.99. The summed E-state index contributed by atoms with van der Waals surface area (Å²) >= 11 is 0. The van der Waals surface area contributed by atoms with Crippen molar-refractivity contribution < 1.29 is 9.18 Å². The fourth-order valence-corrected chi connectivity index (χ4v) is 2.81. The van der Waals surface area contributed by atoms with E-state index in [1.165, 1.54) is 11.6 Å². The third-order valence-corrected chi connectivity index (χ3v) is 3.99. The Morgan fingerprint density at radius 2 is 1.82 bits per heavy atom. The molecule has 0 spiro atoms. The van der Waals surface area contributed by atoms with Crippen LogP contribution in [0.3, 0.4) is 0 Å². The van der Waals surface area contributed by atoms with Gasteiger partial charge < -0.3 is 10.6 Å². The Hall–Kier alpha value is -2.20. The Bertz CT molecular complexity index is 669. The maximum atomic E-state index is 13.1. The van der Waals surface area contributed by atoms with Gasteiger partial charge in [0.15, 0.2) is 0 Å². The van der Waals surface area contributed by atoms with Crippen LogP contribution in [0.2, 0.25) is 0 Å². The van der Waals surface area contributed by atoms with Gasteiger partial charge in [0, 0.05) is 24.7 Å². The summed E-state index contributed by atoms with van der Waals surface area (Å²) in [5.74, 6) is -0.114. The Morgan fingerprint density at radius 1 is 1.09 bits per heavy atom. The highest BCUT2D eigenvalue weighted by molar-refractivity contribution is 5.96. The molecule has 1 atom stereocenters.